The summed E-state index contributed by atoms with van der Waals surface area (Å²) in [5, 5.41) is 3.28. The lowest BCUT2D eigenvalue weighted by molar-refractivity contribution is 0.0787. The third-order valence-corrected chi connectivity index (χ3v) is 3.85. The Morgan fingerprint density at radius 2 is 1.88 bits per heavy atom. The zero-order valence-corrected chi connectivity index (χ0v) is 15.0. The smallest absolute Gasteiger partial charge is 0.272 e. The molecule has 5 nitrogen and oxygen atoms in total. The quantitative estimate of drug-likeness (QED) is 0.845. The lowest BCUT2D eigenvalue weighted by Crippen LogP contribution is -2.28. The molecular formula is C19H26N4O. The Labute approximate surface area is 144 Å². The van der Waals surface area contributed by atoms with Crippen LogP contribution in [-0.2, 0) is 6.54 Å². The molecule has 0 radical (unpaired) electrons. The summed E-state index contributed by atoms with van der Waals surface area (Å²) in [7, 11) is 1.81. The number of aryl methyl sites for hydroxylation is 2. The van der Waals surface area contributed by atoms with Crippen molar-refractivity contribution in [2.45, 2.75) is 40.2 Å². The summed E-state index contributed by atoms with van der Waals surface area (Å²) in [6, 6.07) is 10.1. The molecule has 0 saturated carbocycles. The van der Waals surface area contributed by atoms with Gasteiger partial charge in [-0.25, -0.2) is 9.97 Å². The van der Waals surface area contributed by atoms with Crippen molar-refractivity contribution in [2.75, 3.05) is 18.9 Å². The SMILES string of the molecule is CCCCN(C)C(=O)c1cc(NCc2ccc(C)cc2)nc(C)n1. The Bertz CT molecular complexity index is 682. The predicted octanol–water partition coefficient (Wildman–Crippen LogP) is 3.58. The van der Waals surface area contributed by atoms with Crippen LogP contribution < -0.4 is 5.32 Å². The lowest BCUT2D eigenvalue weighted by atomic mass is 10.1. The van der Waals surface area contributed by atoms with Gasteiger partial charge in [0.2, 0.25) is 0 Å². The monoisotopic (exact) mass is 326 g/mol. The maximum Gasteiger partial charge on any atom is 0.272 e. The Morgan fingerprint density at radius 1 is 1.17 bits per heavy atom. The van der Waals surface area contributed by atoms with Gasteiger partial charge in [-0.05, 0) is 25.8 Å². The molecule has 0 unspecified atom stereocenters. The average Bonchev–Trinajstić information content (AvgIpc) is 2.58. The van der Waals surface area contributed by atoms with Crippen molar-refractivity contribution in [2.24, 2.45) is 0 Å². The van der Waals surface area contributed by atoms with Crippen LogP contribution in [0.2, 0.25) is 0 Å². The molecule has 2 rings (SSSR count). The van der Waals surface area contributed by atoms with Crippen LogP contribution in [-0.4, -0.2) is 34.4 Å². The zero-order valence-electron chi connectivity index (χ0n) is 15.0. The number of nitrogens with one attached hydrogen (secondary N) is 1. The summed E-state index contributed by atoms with van der Waals surface area (Å²) in [5.41, 5.74) is 2.84. The molecule has 0 spiro atoms. The largest absolute Gasteiger partial charge is 0.366 e. The molecule has 0 aliphatic heterocycles. The summed E-state index contributed by atoms with van der Waals surface area (Å²) in [5.74, 6) is 1.21. The standard InChI is InChI=1S/C19H26N4O/c1-5-6-11-23(4)19(24)17-12-18(22-15(3)21-17)20-13-16-9-7-14(2)8-10-16/h7-10,12H,5-6,11,13H2,1-4H3,(H,20,21,22). The summed E-state index contributed by atoms with van der Waals surface area (Å²) >= 11 is 0. The van der Waals surface area contributed by atoms with Gasteiger partial charge in [-0.3, -0.25) is 4.79 Å². The van der Waals surface area contributed by atoms with Gasteiger partial charge in [0.25, 0.3) is 5.91 Å². The Kier molecular flexibility index (Phi) is 6.29. The van der Waals surface area contributed by atoms with Crippen molar-refractivity contribution in [3.63, 3.8) is 0 Å². The van der Waals surface area contributed by atoms with Crippen molar-refractivity contribution < 1.29 is 4.79 Å². The van der Waals surface area contributed by atoms with Crippen molar-refractivity contribution in [1.82, 2.24) is 14.9 Å². The summed E-state index contributed by atoms with van der Waals surface area (Å²) in [6.07, 6.45) is 2.05. The van der Waals surface area contributed by atoms with Crippen LogP contribution in [0, 0.1) is 13.8 Å². The first kappa shape index (κ1) is 17.9. The number of carbonyl (C=O) groups is 1. The van der Waals surface area contributed by atoms with E-state index in [1.165, 1.54) is 11.1 Å². The Morgan fingerprint density at radius 3 is 2.54 bits per heavy atom. The number of amides is 1. The van der Waals surface area contributed by atoms with Crippen LogP contribution in [0.5, 0.6) is 0 Å². The predicted molar refractivity (Wildman–Crippen MR) is 97.1 cm³/mol. The van der Waals surface area contributed by atoms with Gasteiger partial charge in [0.05, 0.1) is 0 Å². The van der Waals surface area contributed by atoms with Crippen LogP contribution in [0.1, 0.15) is 47.2 Å². The maximum absolute atomic E-state index is 12.5. The van der Waals surface area contributed by atoms with Crippen LogP contribution in [0.4, 0.5) is 5.82 Å². The fourth-order valence-electron chi connectivity index (χ4n) is 2.36. The van der Waals surface area contributed by atoms with Crippen LogP contribution in [0.3, 0.4) is 0 Å². The first-order chi connectivity index (χ1) is 11.5. The van der Waals surface area contributed by atoms with Crippen molar-refractivity contribution in [3.8, 4) is 0 Å². The van der Waals surface area contributed by atoms with E-state index in [2.05, 4.69) is 53.4 Å². The van der Waals surface area contributed by atoms with Crippen LogP contribution >= 0.6 is 0 Å². The third kappa shape index (κ3) is 5.05. The molecule has 1 heterocycles. The van der Waals surface area contributed by atoms with Gasteiger partial charge in [0, 0.05) is 26.2 Å². The van der Waals surface area contributed by atoms with Gasteiger partial charge in [-0.1, -0.05) is 43.2 Å². The highest BCUT2D eigenvalue weighted by atomic mass is 16.2. The number of nitrogens with zero attached hydrogens (tertiary/aromatic N) is 3. The zero-order chi connectivity index (χ0) is 17.5. The Balaban J connectivity index is 2.07. The molecule has 2 aromatic rings. The molecule has 24 heavy (non-hydrogen) atoms. The van der Waals surface area contributed by atoms with E-state index in [0.717, 1.165) is 19.4 Å². The summed E-state index contributed by atoms with van der Waals surface area (Å²) in [4.78, 5) is 22.9. The molecule has 128 valence electrons. The number of hydrogen-bond donors (Lipinski definition) is 1. The highest BCUT2D eigenvalue weighted by molar-refractivity contribution is 5.92. The van der Waals surface area contributed by atoms with Gasteiger partial charge < -0.3 is 10.2 Å². The van der Waals surface area contributed by atoms with Gasteiger partial charge in [0.15, 0.2) is 0 Å². The van der Waals surface area contributed by atoms with Crippen molar-refractivity contribution in [3.05, 3.63) is 53.0 Å². The third-order valence-electron chi connectivity index (χ3n) is 3.85. The van der Waals surface area contributed by atoms with E-state index >= 15 is 0 Å². The second kappa shape index (κ2) is 8.43. The number of rotatable bonds is 7. The van der Waals surface area contributed by atoms with Gasteiger partial charge >= 0.3 is 0 Å². The topological polar surface area (TPSA) is 58.1 Å². The van der Waals surface area contributed by atoms with Crippen molar-refractivity contribution in [1.29, 1.82) is 0 Å². The minimum absolute atomic E-state index is 0.0627. The molecule has 0 saturated heterocycles. The minimum Gasteiger partial charge on any atom is -0.366 e. The molecule has 1 N–H and O–H groups in total. The molecule has 0 fully saturated rings. The number of hydrogen-bond acceptors (Lipinski definition) is 4. The van der Waals surface area contributed by atoms with Crippen LogP contribution in [0.25, 0.3) is 0 Å². The number of aromatic nitrogens is 2. The molecule has 1 amide bonds. The molecule has 1 aromatic carbocycles. The normalized spacial score (nSPS) is 10.5. The number of anilines is 1. The van der Waals surface area contributed by atoms with E-state index < -0.39 is 0 Å². The molecule has 5 heteroatoms. The van der Waals surface area contributed by atoms with Crippen molar-refractivity contribution >= 4 is 11.7 Å². The summed E-state index contributed by atoms with van der Waals surface area (Å²) < 4.78 is 0. The maximum atomic E-state index is 12.5. The Hall–Kier alpha value is -2.43. The number of unbranched alkanes of at least 4 members (excludes halogenated alkanes) is 1. The van der Waals surface area contributed by atoms with E-state index in [0.29, 0.717) is 23.9 Å². The summed E-state index contributed by atoms with van der Waals surface area (Å²) in [6.45, 7) is 7.39. The van der Waals surface area contributed by atoms with Crippen LogP contribution in [0.15, 0.2) is 30.3 Å². The number of benzene rings is 1. The van der Waals surface area contributed by atoms with E-state index in [1.54, 1.807) is 17.9 Å². The first-order valence-electron chi connectivity index (χ1n) is 8.40. The van der Waals surface area contributed by atoms with E-state index in [9.17, 15) is 4.79 Å². The fraction of sp³-hybridized carbons (Fsp3) is 0.421. The highest BCUT2D eigenvalue weighted by Gasteiger charge is 2.14. The molecular weight excluding hydrogens is 300 g/mol. The second-order valence-electron chi connectivity index (χ2n) is 6.11. The van der Waals surface area contributed by atoms with Gasteiger partial charge in [-0.2, -0.15) is 0 Å². The molecule has 0 aliphatic rings. The molecule has 1 aromatic heterocycles. The molecule has 0 bridgehead atoms. The average molecular weight is 326 g/mol. The minimum atomic E-state index is -0.0627. The van der Waals surface area contributed by atoms with Gasteiger partial charge in [-0.15, -0.1) is 0 Å². The molecule has 0 aliphatic carbocycles. The first-order valence-corrected chi connectivity index (χ1v) is 8.40. The molecule has 0 atom stereocenters. The second-order valence-corrected chi connectivity index (χ2v) is 6.11. The lowest BCUT2D eigenvalue weighted by Gasteiger charge is -2.17. The fourth-order valence-corrected chi connectivity index (χ4v) is 2.36. The highest BCUT2D eigenvalue weighted by Crippen LogP contribution is 2.11. The van der Waals surface area contributed by atoms with E-state index in [4.69, 9.17) is 0 Å². The number of carbonyl (C=O) groups excluding carboxylic acids is 1. The van der Waals surface area contributed by atoms with E-state index in [1.807, 2.05) is 7.05 Å². The van der Waals surface area contributed by atoms with Gasteiger partial charge in [0.1, 0.15) is 17.3 Å². The van der Waals surface area contributed by atoms with E-state index in [-0.39, 0.29) is 5.91 Å².